The number of rotatable bonds is 16. The largest absolute Gasteiger partial charge is 0.550 e. The third kappa shape index (κ3) is 4.29. The van der Waals surface area contributed by atoms with E-state index in [9.17, 15) is 58.2 Å². The monoisotopic (exact) mass is 539 g/mol. The molecule has 0 heterocycles. The van der Waals surface area contributed by atoms with Crippen molar-refractivity contribution in [3.05, 3.63) is 0 Å². The smallest absolute Gasteiger partial charge is 0.277 e. The Morgan fingerprint density at radius 2 is 0.711 bits per heavy atom. The predicted molar refractivity (Wildman–Crippen MR) is 125 cm³/mol. The molecular formula is C25H33NO12. The molecule has 0 saturated heterocycles. The normalized spacial score (nSPS) is 13.2. The van der Waals surface area contributed by atoms with Gasteiger partial charge in [-0.25, -0.2) is 0 Å². The maximum Gasteiger partial charge on any atom is 0.277 e. The lowest BCUT2D eigenvalue weighted by Gasteiger charge is -2.62. The topological polar surface area (TPSA) is 214 Å². The molecule has 0 aliphatic carbocycles. The summed E-state index contributed by atoms with van der Waals surface area (Å²) in [6.45, 7) is 4.15. The second-order valence-corrected chi connectivity index (χ2v) is 9.36. The lowest BCUT2D eigenvalue weighted by Crippen LogP contribution is -2.96. The zero-order valence-electron chi connectivity index (χ0n) is 22.9. The van der Waals surface area contributed by atoms with Crippen LogP contribution in [0, 0.1) is 0 Å². The van der Waals surface area contributed by atoms with E-state index in [-0.39, 0.29) is 0 Å². The highest BCUT2D eigenvalue weighted by Gasteiger charge is 2.85. The third-order valence-corrected chi connectivity index (χ3v) is 7.19. The summed E-state index contributed by atoms with van der Waals surface area (Å²) in [6, 6.07) is 0. The van der Waals surface area contributed by atoms with Crippen LogP contribution < -0.4 is 5.11 Å². The number of hydrogen-bond donors (Lipinski definition) is 1. The van der Waals surface area contributed by atoms with Crippen LogP contribution in [0.5, 0.6) is 0 Å². The van der Waals surface area contributed by atoms with Gasteiger partial charge in [-0.2, -0.15) is 0 Å². The number of carbonyl (C=O) groups excluding carboxylic acids is 10. The van der Waals surface area contributed by atoms with Gasteiger partial charge < -0.3 is 15.0 Å². The highest BCUT2D eigenvalue weighted by molar-refractivity contribution is 6.34. The van der Waals surface area contributed by atoms with E-state index < -0.39 is 98.2 Å². The Bertz CT molecular complexity index is 915. The number of quaternary nitrogens is 1. The van der Waals surface area contributed by atoms with Gasteiger partial charge in [-0.1, -0.05) is 0 Å². The van der Waals surface area contributed by atoms with Crippen molar-refractivity contribution in [3.63, 3.8) is 0 Å². The number of ketones is 9. The van der Waals surface area contributed by atoms with Gasteiger partial charge >= 0.3 is 0 Å². The van der Waals surface area contributed by atoms with Crippen LogP contribution in [0.2, 0.25) is 0 Å². The summed E-state index contributed by atoms with van der Waals surface area (Å²) >= 11 is 0. The summed E-state index contributed by atoms with van der Waals surface area (Å²) in [5.41, 5.74) is -10.5. The molecule has 0 aromatic heterocycles. The molecule has 38 heavy (non-hydrogen) atoms. The van der Waals surface area contributed by atoms with E-state index in [4.69, 9.17) is 0 Å². The fraction of sp³-hybridized carbons (Fsp3) is 0.600. The Labute approximate surface area is 219 Å². The van der Waals surface area contributed by atoms with Gasteiger partial charge in [0, 0.05) is 74.7 Å². The molecule has 0 radical (unpaired) electrons. The number of carbonyl (C=O) groups is 10. The highest BCUT2D eigenvalue weighted by Crippen LogP contribution is 2.50. The van der Waals surface area contributed by atoms with Gasteiger partial charge in [0.2, 0.25) is 52.0 Å². The Morgan fingerprint density at radius 1 is 0.526 bits per heavy atom. The molecular weight excluding hydrogens is 506 g/mol. The number of aliphatic hydroxyl groups excluding tert-OH is 1. The van der Waals surface area contributed by atoms with Crippen LogP contribution in [0.3, 0.4) is 0 Å². The summed E-state index contributed by atoms with van der Waals surface area (Å²) < 4.78 is -2.43. The Hall–Kier alpha value is -3.58. The van der Waals surface area contributed by atoms with Crippen LogP contribution in [0.15, 0.2) is 0 Å². The van der Waals surface area contributed by atoms with Gasteiger partial charge in [-0.15, -0.1) is 0 Å². The number of carboxylic acid groups (broad SMARTS) is 1. The molecule has 0 saturated carbocycles. The van der Waals surface area contributed by atoms with E-state index >= 15 is 0 Å². The summed E-state index contributed by atoms with van der Waals surface area (Å²) in [5, 5.41) is 22.2. The Balaban J connectivity index is 9.65. The van der Waals surface area contributed by atoms with E-state index in [1.54, 1.807) is 0 Å². The molecule has 13 heteroatoms. The van der Waals surface area contributed by atoms with Crippen molar-refractivity contribution in [1.82, 2.24) is 0 Å². The summed E-state index contributed by atoms with van der Waals surface area (Å²) in [5.74, 6) is -15.3. The second-order valence-electron chi connectivity index (χ2n) is 9.36. The van der Waals surface area contributed by atoms with Crippen molar-refractivity contribution < 1.29 is 62.6 Å². The lowest BCUT2D eigenvalue weighted by molar-refractivity contribution is -0.988. The van der Waals surface area contributed by atoms with Crippen LogP contribution >= 0.6 is 0 Å². The Morgan fingerprint density at radius 3 is 0.842 bits per heavy atom. The molecule has 0 spiro atoms. The van der Waals surface area contributed by atoms with E-state index in [1.165, 1.54) is 0 Å². The molecule has 0 aromatic carbocycles. The van der Waals surface area contributed by atoms with Gasteiger partial charge in [-0.05, 0) is 0 Å². The SMILES string of the molecule is CC(=O)C(C(C)=O)(C(C)=O)[N+](CC(O)CC(=O)[O-])(C(C(C)=O)(C(C)=O)C(C)=O)C(C(C)=O)(C(C)=O)C(C)=O. The molecule has 0 aliphatic heterocycles. The number of Topliss-reactive ketones (excluding diaryl/α,β-unsaturated/α-hetero) is 9. The van der Waals surface area contributed by atoms with Gasteiger partial charge in [0.25, 0.3) is 16.6 Å². The van der Waals surface area contributed by atoms with Crippen LogP contribution in [0.4, 0.5) is 0 Å². The molecule has 210 valence electrons. The number of carboxylic acids is 1. The van der Waals surface area contributed by atoms with Gasteiger partial charge in [0.05, 0.1) is 0 Å². The first-order chi connectivity index (χ1) is 17.1. The molecule has 0 fully saturated rings. The van der Waals surface area contributed by atoms with E-state index in [1.807, 2.05) is 0 Å². The molecule has 1 N–H and O–H groups in total. The minimum absolute atomic E-state index is 0.636. The minimum Gasteiger partial charge on any atom is -0.550 e. The zero-order chi connectivity index (χ0) is 30.8. The lowest BCUT2D eigenvalue weighted by atomic mass is 9.63. The average Bonchev–Trinajstić information content (AvgIpc) is 2.65. The van der Waals surface area contributed by atoms with Crippen LogP contribution in [0.25, 0.3) is 0 Å². The standard InChI is InChI=1S/C25H33NO12/c1-12(27)23(13(2)28,14(3)29)26(11-21(36)10-22(37)38,24(15(4)30,16(5)31)17(6)32)25(18(7)33,19(8)34)20(9)35/h21,36H,10-11H2,1-9H3. The van der Waals surface area contributed by atoms with Crippen molar-refractivity contribution in [2.45, 2.75) is 91.5 Å². The van der Waals surface area contributed by atoms with Gasteiger partial charge in [0.1, 0.15) is 12.6 Å². The van der Waals surface area contributed by atoms with Crippen molar-refractivity contribution >= 4 is 58.0 Å². The highest BCUT2D eigenvalue weighted by atomic mass is 16.4. The fourth-order valence-electron chi connectivity index (χ4n) is 6.39. The first-order valence-electron chi connectivity index (χ1n) is 11.4. The van der Waals surface area contributed by atoms with Crippen molar-refractivity contribution in [1.29, 1.82) is 0 Å². The molecule has 0 amide bonds. The maximum atomic E-state index is 13.5. The predicted octanol–water partition coefficient (Wildman–Crippen LogP) is -2.18. The number of aliphatic carboxylic acids is 1. The summed E-state index contributed by atoms with van der Waals surface area (Å²) in [4.78, 5) is 133. The van der Waals surface area contributed by atoms with E-state index in [0.717, 1.165) is 0 Å². The molecule has 0 bridgehead atoms. The quantitative estimate of drug-likeness (QED) is 0.164. The minimum atomic E-state index is -3.49. The molecule has 1 atom stereocenters. The van der Waals surface area contributed by atoms with Crippen LogP contribution in [-0.2, 0) is 47.9 Å². The molecule has 0 aromatic rings. The summed E-state index contributed by atoms with van der Waals surface area (Å²) in [6.07, 6.45) is -3.70. The first kappa shape index (κ1) is 34.4. The zero-order valence-corrected chi connectivity index (χ0v) is 22.9. The summed E-state index contributed by atoms with van der Waals surface area (Å²) in [7, 11) is 0. The van der Waals surface area contributed by atoms with Crippen molar-refractivity contribution in [3.8, 4) is 0 Å². The van der Waals surface area contributed by atoms with Crippen LogP contribution in [0.1, 0.15) is 68.7 Å². The maximum absolute atomic E-state index is 13.5. The van der Waals surface area contributed by atoms with Crippen molar-refractivity contribution in [2.24, 2.45) is 0 Å². The van der Waals surface area contributed by atoms with Crippen molar-refractivity contribution in [2.75, 3.05) is 6.54 Å². The molecule has 13 nitrogen and oxygen atoms in total. The third-order valence-electron chi connectivity index (χ3n) is 7.19. The first-order valence-corrected chi connectivity index (χ1v) is 11.4. The molecule has 1 unspecified atom stereocenters. The van der Waals surface area contributed by atoms with E-state index in [2.05, 4.69) is 0 Å². The average molecular weight is 540 g/mol. The Kier molecular flexibility index (Phi) is 10.4. The number of hydrogen-bond acceptors (Lipinski definition) is 12. The van der Waals surface area contributed by atoms with Gasteiger partial charge in [-0.3, -0.25) is 47.6 Å². The molecule has 0 aliphatic rings. The second kappa shape index (κ2) is 11.4. The fourth-order valence-corrected chi connectivity index (χ4v) is 6.39. The number of nitrogens with zero attached hydrogens (tertiary/aromatic N) is 1. The van der Waals surface area contributed by atoms with Gasteiger partial charge in [0.15, 0.2) is 0 Å². The molecule has 0 rings (SSSR count). The van der Waals surface area contributed by atoms with E-state index in [0.29, 0.717) is 62.3 Å². The van der Waals surface area contributed by atoms with Crippen LogP contribution in [-0.4, -0.2) is 96.9 Å². The number of aliphatic hydroxyl groups is 1.